The standard InChI is InChI=1S/C15H17F2N3O/c16-10-4-2-5-11(17)14(10)13(21)8-18-12-6-1-3-9-7-19-20-15(9)12/h2,4-5,7,12-13,18,21H,1,3,6,8H2,(H,19,20). The molecular formula is C15H17F2N3O. The van der Waals surface area contributed by atoms with Crippen molar-refractivity contribution < 1.29 is 13.9 Å². The van der Waals surface area contributed by atoms with E-state index >= 15 is 0 Å². The Kier molecular flexibility index (Phi) is 3.98. The number of aromatic nitrogens is 2. The number of hydrogen-bond acceptors (Lipinski definition) is 3. The van der Waals surface area contributed by atoms with Crippen LogP contribution in [0.15, 0.2) is 24.4 Å². The van der Waals surface area contributed by atoms with Crippen LogP contribution in [0.5, 0.6) is 0 Å². The first-order valence-corrected chi connectivity index (χ1v) is 7.04. The zero-order valence-corrected chi connectivity index (χ0v) is 11.4. The lowest BCUT2D eigenvalue weighted by Gasteiger charge is -2.24. The third-order valence-electron chi connectivity index (χ3n) is 3.93. The van der Waals surface area contributed by atoms with Gasteiger partial charge in [-0.1, -0.05) is 6.07 Å². The Labute approximate surface area is 121 Å². The fourth-order valence-electron chi connectivity index (χ4n) is 2.85. The van der Waals surface area contributed by atoms with E-state index in [1.54, 1.807) is 6.20 Å². The molecule has 0 radical (unpaired) electrons. The number of aryl methyl sites for hydroxylation is 1. The second-order valence-corrected chi connectivity index (χ2v) is 5.31. The van der Waals surface area contributed by atoms with Crippen molar-refractivity contribution in [2.24, 2.45) is 0 Å². The fraction of sp³-hybridized carbons (Fsp3) is 0.400. The van der Waals surface area contributed by atoms with Gasteiger partial charge in [0, 0.05) is 12.6 Å². The highest BCUT2D eigenvalue weighted by atomic mass is 19.1. The Balaban J connectivity index is 1.69. The zero-order valence-electron chi connectivity index (χ0n) is 11.4. The predicted octanol–water partition coefficient (Wildman–Crippen LogP) is 2.39. The number of nitrogens with zero attached hydrogens (tertiary/aromatic N) is 1. The van der Waals surface area contributed by atoms with E-state index in [1.165, 1.54) is 6.07 Å². The monoisotopic (exact) mass is 293 g/mol. The highest BCUT2D eigenvalue weighted by Gasteiger charge is 2.24. The van der Waals surface area contributed by atoms with Crippen molar-refractivity contribution in [2.45, 2.75) is 31.4 Å². The van der Waals surface area contributed by atoms with Crippen LogP contribution in [0, 0.1) is 11.6 Å². The number of nitrogens with one attached hydrogen (secondary N) is 2. The number of H-pyrrole nitrogens is 1. The molecule has 0 saturated heterocycles. The van der Waals surface area contributed by atoms with Gasteiger partial charge in [0.2, 0.25) is 0 Å². The number of fused-ring (bicyclic) bond motifs is 1. The molecule has 1 aromatic carbocycles. The largest absolute Gasteiger partial charge is 0.387 e. The van der Waals surface area contributed by atoms with E-state index in [9.17, 15) is 13.9 Å². The first-order valence-electron chi connectivity index (χ1n) is 7.04. The molecule has 3 rings (SSSR count). The molecule has 0 bridgehead atoms. The lowest BCUT2D eigenvalue weighted by Crippen LogP contribution is -2.29. The Morgan fingerprint density at radius 2 is 2.14 bits per heavy atom. The smallest absolute Gasteiger partial charge is 0.131 e. The van der Waals surface area contributed by atoms with Gasteiger partial charge in [0.25, 0.3) is 0 Å². The average Bonchev–Trinajstić information content (AvgIpc) is 2.93. The van der Waals surface area contributed by atoms with Gasteiger partial charge >= 0.3 is 0 Å². The van der Waals surface area contributed by atoms with Crippen LogP contribution in [0.25, 0.3) is 0 Å². The molecular weight excluding hydrogens is 276 g/mol. The van der Waals surface area contributed by atoms with Crippen molar-refractivity contribution in [1.29, 1.82) is 0 Å². The molecule has 0 fully saturated rings. The van der Waals surface area contributed by atoms with Crippen LogP contribution in [0.4, 0.5) is 8.78 Å². The molecule has 0 saturated carbocycles. The molecule has 0 amide bonds. The SMILES string of the molecule is OC(CNC1CCCc2cn[nH]c21)c1c(F)cccc1F. The summed E-state index contributed by atoms with van der Waals surface area (Å²) in [6.07, 6.45) is 3.49. The molecule has 0 spiro atoms. The summed E-state index contributed by atoms with van der Waals surface area (Å²) in [5, 5.41) is 20.2. The Morgan fingerprint density at radius 3 is 2.90 bits per heavy atom. The predicted molar refractivity (Wildman–Crippen MR) is 73.6 cm³/mol. The van der Waals surface area contributed by atoms with Gasteiger partial charge in [-0.05, 0) is 37.0 Å². The van der Waals surface area contributed by atoms with E-state index in [0.29, 0.717) is 0 Å². The summed E-state index contributed by atoms with van der Waals surface area (Å²) in [6, 6.07) is 3.61. The lowest BCUT2D eigenvalue weighted by molar-refractivity contribution is 0.158. The highest BCUT2D eigenvalue weighted by Crippen LogP contribution is 2.28. The second-order valence-electron chi connectivity index (χ2n) is 5.31. The van der Waals surface area contributed by atoms with Gasteiger partial charge in [-0.3, -0.25) is 5.10 Å². The number of aromatic amines is 1. The number of aliphatic hydroxyl groups excluding tert-OH is 1. The molecule has 3 N–H and O–H groups in total. The quantitative estimate of drug-likeness (QED) is 0.811. The van der Waals surface area contributed by atoms with Crippen LogP contribution in [0.1, 0.15) is 41.8 Å². The molecule has 0 aliphatic heterocycles. The third kappa shape index (κ3) is 2.82. The van der Waals surface area contributed by atoms with Gasteiger partial charge in [-0.15, -0.1) is 0 Å². The highest BCUT2D eigenvalue weighted by molar-refractivity contribution is 5.24. The van der Waals surface area contributed by atoms with E-state index in [-0.39, 0.29) is 18.2 Å². The van der Waals surface area contributed by atoms with Crippen LogP contribution >= 0.6 is 0 Å². The molecule has 112 valence electrons. The summed E-state index contributed by atoms with van der Waals surface area (Å²) in [4.78, 5) is 0. The van der Waals surface area contributed by atoms with Gasteiger partial charge in [0.1, 0.15) is 11.6 Å². The number of benzene rings is 1. The van der Waals surface area contributed by atoms with Gasteiger partial charge in [-0.2, -0.15) is 5.10 Å². The number of rotatable bonds is 4. The summed E-state index contributed by atoms with van der Waals surface area (Å²) in [5.74, 6) is -1.45. The second kappa shape index (κ2) is 5.91. The van der Waals surface area contributed by atoms with Crippen LogP contribution in [-0.2, 0) is 6.42 Å². The Bertz CT molecular complexity index is 609. The van der Waals surface area contributed by atoms with Crippen LogP contribution < -0.4 is 5.32 Å². The first-order chi connectivity index (χ1) is 10.2. The first kappa shape index (κ1) is 14.2. The molecule has 4 nitrogen and oxygen atoms in total. The maximum absolute atomic E-state index is 13.6. The minimum absolute atomic E-state index is 0.0285. The third-order valence-corrected chi connectivity index (χ3v) is 3.93. The summed E-state index contributed by atoms with van der Waals surface area (Å²) >= 11 is 0. The molecule has 1 heterocycles. The van der Waals surface area contributed by atoms with Crippen molar-refractivity contribution in [3.63, 3.8) is 0 Å². The summed E-state index contributed by atoms with van der Waals surface area (Å²) < 4.78 is 27.2. The average molecular weight is 293 g/mol. The Hall–Kier alpha value is -1.79. The summed E-state index contributed by atoms with van der Waals surface area (Å²) in [7, 11) is 0. The van der Waals surface area contributed by atoms with Crippen LogP contribution in [0.3, 0.4) is 0 Å². The van der Waals surface area contributed by atoms with E-state index in [1.807, 2.05) is 0 Å². The van der Waals surface area contributed by atoms with Gasteiger partial charge < -0.3 is 10.4 Å². The molecule has 2 aromatic rings. The fourth-order valence-corrected chi connectivity index (χ4v) is 2.85. The van der Waals surface area contributed by atoms with Crippen molar-refractivity contribution in [3.05, 3.63) is 52.9 Å². The van der Waals surface area contributed by atoms with E-state index in [0.717, 1.165) is 42.7 Å². The van der Waals surface area contributed by atoms with Crippen molar-refractivity contribution in [2.75, 3.05) is 6.54 Å². The van der Waals surface area contributed by atoms with Gasteiger partial charge in [0.15, 0.2) is 0 Å². The van der Waals surface area contributed by atoms with Gasteiger partial charge in [0.05, 0.1) is 23.6 Å². The molecule has 1 aromatic heterocycles. The molecule has 21 heavy (non-hydrogen) atoms. The van der Waals surface area contributed by atoms with E-state index in [2.05, 4.69) is 15.5 Å². The molecule has 2 unspecified atom stereocenters. The lowest BCUT2D eigenvalue weighted by atomic mass is 9.93. The van der Waals surface area contributed by atoms with Crippen molar-refractivity contribution >= 4 is 0 Å². The summed E-state index contributed by atoms with van der Waals surface area (Å²) in [5.41, 5.74) is 1.87. The zero-order chi connectivity index (χ0) is 14.8. The molecule has 1 aliphatic rings. The topological polar surface area (TPSA) is 60.9 Å². The van der Waals surface area contributed by atoms with E-state index < -0.39 is 17.7 Å². The minimum atomic E-state index is -1.22. The molecule has 2 atom stereocenters. The van der Waals surface area contributed by atoms with Crippen molar-refractivity contribution in [3.8, 4) is 0 Å². The molecule has 1 aliphatic carbocycles. The normalized spacial score (nSPS) is 19.3. The molecule has 6 heteroatoms. The number of hydrogen-bond donors (Lipinski definition) is 3. The minimum Gasteiger partial charge on any atom is -0.387 e. The number of halogens is 2. The van der Waals surface area contributed by atoms with Crippen LogP contribution in [-0.4, -0.2) is 21.8 Å². The van der Waals surface area contributed by atoms with Crippen molar-refractivity contribution in [1.82, 2.24) is 15.5 Å². The maximum atomic E-state index is 13.6. The number of aliphatic hydroxyl groups is 1. The van der Waals surface area contributed by atoms with Gasteiger partial charge in [-0.25, -0.2) is 8.78 Å². The van der Waals surface area contributed by atoms with E-state index in [4.69, 9.17) is 0 Å². The van der Waals surface area contributed by atoms with Crippen LogP contribution in [0.2, 0.25) is 0 Å². The maximum Gasteiger partial charge on any atom is 0.131 e. The summed E-state index contributed by atoms with van der Waals surface area (Å²) in [6.45, 7) is 0.0843. The Morgan fingerprint density at radius 1 is 1.38 bits per heavy atom.